The Morgan fingerprint density at radius 3 is 2.16 bits per heavy atom. The molecule has 4 N–H and O–H groups in total. The van der Waals surface area contributed by atoms with Crippen LogP contribution in [0.1, 0.15) is 82.9 Å². The molecule has 0 spiro atoms. The van der Waals surface area contributed by atoms with Crippen LogP contribution >= 0.6 is 0 Å². The average molecular weight is 737 g/mol. The van der Waals surface area contributed by atoms with Crippen molar-refractivity contribution in [3.8, 4) is 0 Å². The summed E-state index contributed by atoms with van der Waals surface area (Å²) in [6.07, 6.45) is 0.560. The molecule has 0 radical (unpaired) electrons. The van der Waals surface area contributed by atoms with Crippen LogP contribution in [0.4, 0.5) is 13.6 Å². The van der Waals surface area contributed by atoms with Crippen LogP contribution < -0.4 is 16.0 Å². The Balaban J connectivity index is 1.83. The number of carbonyl (C=O) groups is 3. The number of piperidine rings is 1. The van der Waals surface area contributed by atoms with Crippen LogP contribution in [0.25, 0.3) is 0 Å². The summed E-state index contributed by atoms with van der Waals surface area (Å²) < 4.78 is 61.2. The number of nitrogens with one attached hydrogen (secondary N) is 3. The lowest BCUT2D eigenvalue weighted by molar-refractivity contribution is -0.131. The van der Waals surface area contributed by atoms with E-state index >= 15 is 0 Å². The number of ether oxygens (including phenoxy) is 1. The molecule has 0 aromatic heterocycles. The number of hydrogen-bond acceptors (Lipinski definition) is 8. The minimum Gasteiger partial charge on any atom is -0.446 e. The Morgan fingerprint density at radius 1 is 0.941 bits per heavy atom. The molecule has 11 nitrogen and oxygen atoms in total. The lowest BCUT2D eigenvalue weighted by atomic mass is 10.00. The number of aliphatic hydroxyl groups excluding tert-OH is 1. The maximum Gasteiger partial charge on any atom is 0.408 e. The van der Waals surface area contributed by atoms with Crippen LogP contribution in [0.3, 0.4) is 0 Å². The summed E-state index contributed by atoms with van der Waals surface area (Å²) >= 11 is 0. The van der Waals surface area contributed by atoms with Gasteiger partial charge in [-0.05, 0) is 54.5 Å². The number of rotatable bonds is 19. The summed E-state index contributed by atoms with van der Waals surface area (Å²) in [4.78, 5) is 40.4. The van der Waals surface area contributed by atoms with Crippen molar-refractivity contribution in [1.82, 2.24) is 20.9 Å². The third kappa shape index (κ3) is 13.8. The normalized spacial score (nSPS) is 15.6. The van der Waals surface area contributed by atoms with E-state index < -0.39 is 68.8 Å². The number of aliphatic hydroxyl groups is 1. The molecule has 3 atom stereocenters. The molecule has 1 aliphatic heterocycles. The number of halogens is 2. The zero-order valence-electron chi connectivity index (χ0n) is 30.1. The molecule has 1 heterocycles. The van der Waals surface area contributed by atoms with Crippen LogP contribution in [-0.2, 0) is 43.5 Å². The van der Waals surface area contributed by atoms with E-state index in [0.717, 1.165) is 29.7 Å². The molecule has 3 rings (SSSR count). The van der Waals surface area contributed by atoms with E-state index in [1.807, 2.05) is 45.0 Å². The Kier molecular flexibility index (Phi) is 16.7. The molecule has 0 bridgehead atoms. The van der Waals surface area contributed by atoms with Crippen molar-refractivity contribution in [3.05, 3.63) is 70.8 Å². The van der Waals surface area contributed by atoms with Crippen molar-refractivity contribution in [2.24, 2.45) is 0 Å². The quantitative estimate of drug-likeness (QED) is 0.168. The van der Waals surface area contributed by atoms with Crippen LogP contribution in [0.2, 0.25) is 0 Å². The molecular formula is C37H54F2N4O7S. The summed E-state index contributed by atoms with van der Waals surface area (Å²) in [6, 6.07) is 8.06. The Bertz CT molecular complexity index is 1530. The van der Waals surface area contributed by atoms with Gasteiger partial charge in [-0.2, -0.15) is 0 Å². The van der Waals surface area contributed by atoms with Crippen LogP contribution in [0, 0.1) is 11.6 Å². The van der Waals surface area contributed by atoms with Gasteiger partial charge in [-0.15, -0.1) is 0 Å². The van der Waals surface area contributed by atoms with Gasteiger partial charge in [-0.1, -0.05) is 57.9 Å². The molecule has 0 aliphatic carbocycles. The Labute approximate surface area is 300 Å². The third-order valence-electron chi connectivity index (χ3n) is 9.15. The predicted molar refractivity (Wildman–Crippen MR) is 192 cm³/mol. The lowest BCUT2D eigenvalue weighted by Crippen LogP contribution is -2.57. The monoisotopic (exact) mass is 736 g/mol. The summed E-state index contributed by atoms with van der Waals surface area (Å²) in [5.74, 6) is -3.37. The molecule has 284 valence electrons. The highest BCUT2D eigenvalue weighted by atomic mass is 32.2. The average Bonchev–Trinajstić information content (AvgIpc) is 3.07. The first-order chi connectivity index (χ1) is 24.2. The number of carbonyl (C=O) groups excluding carboxylic acids is 3. The van der Waals surface area contributed by atoms with Gasteiger partial charge in [0.15, 0.2) is 9.84 Å². The van der Waals surface area contributed by atoms with Gasteiger partial charge in [0.05, 0.1) is 23.1 Å². The van der Waals surface area contributed by atoms with Gasteiger partial charge in [-0.3, -0.25) is 9.59 Å². The summed E-state index contributed by atoms with van der Waals surface area (Å²) in [7, 11) is -3.91. The van der Waals surface area contributed by atoms with Crippen LogP contribution in [0.5, 0.6) is 0 Å². The highest BCUT2D eigenvalue weighted by Crippen LogP contribution is 2.19. The van der Waals surface area contributed by atoms with E-state index in [1.54, 1.807) is 4.90 Å². The molecule has 14 heteroatoms. The number of alkyl carbamates (subject to hydrolysis) is 1. The van der Waals surface area contributed by atoms with E-state index in [4.69, 9.17) is 4.74 Å². The lowest BCUT2D eigenvalue weighted by Gasteiger charge is -2.31. The van der Waals surface area contributed by atoms with Gasteiger partial charge in [0.1, 0.15) is 23.8 Å². The van der Waals surface area contributed by atoms with Crippen molar-refractivity contribution in [1.29, 1.82) is 0 Å². The van der Waals surface area contributed by atoms with E-state index in [2.05, 4.69) is 16.0 Å². The first-order valence-electron chi connectivity index (χ1n) is 17.9. The van der Waals surface area contributed by atoms with Gasteiger partial charge in [0, 0.05) is 52.0 Å². The number of aryl methyl sites for hydroxylation is 1. The molecule has 3 amide bonds. The molecular weight excluding hydrogens is 682 g/mol. The van der Waals surface area contributed by atoms with Gasteiger partial charge < -0.3 is 30.7 Å². The summed E-state index contributed by atoms with van der Waals surface area (Å²) in [5.41, 5.74) is 2.27. The fraction of sp³-hybridized carbons (Fsp3) is 0.595. The van der Waals surface area contributed by atoms with Crippen molar-refractivity contribution in [2.45, 2.75) is 115 Å². The minimum absolute atomic E-state index is 0.0223. The molecule has 1 saturated heterocycles. The molecule has 1 fully saturated rings. The zero-order chi connectivity index (χ0) is 37.6. The maximum absolute atomic E-state index is 14.2. The second-order valence-corrected chi connectivity index (χ2v) is 15.6. The number of nitrogens with zero attached hydrogens (tertiary/aromatic N) is 1. The largest absolute Gasteiger partial charge is 0.446 e. The molecule has 51 heavy (non-hydrogen) atoms. The van der Waals surface area contributed by atoms with E-state index in [9.17, 15) is 36.7 Å². The molecule has 2 aromatic rings. The van der Waals surface area contributed by atoms with Gasteiger partial charge in [-0.25, -0.2) is 22.0 Å². The first-order valence-corrected chi connectivity index (χ1v) is 19.6. The van der Waals surface area contributed by atoms with Crippen molar-refractivity contribution in [3.63, 3.8) is 0 Å². The highest BCUT2D eigenvalue weighted by Gasteiger charge is 2.35. The van der Waals surface area contributed by atoms with E-state index in [1.165, 1.54) is 6.92 Å². The second kappa shape index (κ2) is 20.4. The Morgan fingerprint density at radius 2 is 1.57 bits per heavy atom. The fourth-order valence-corrected chi connectivity index (χ4v) is 8.49. The number of likely N-dealkylation sites (tertiary alicyclic amines) is 1. The first kappa shape index (κ1) is 41.8. The van der Waals surface area contributed by atoms with Crippen molar-refractivity contribution < 1.29 is 41.4 Å². The Hall–Kier alpha value is -3.62. The molecule has 2 aromatic carbocycles. The predicted octanol–water partition coefficient (Wildman–Crippen LogP) is 4.19. The van der Waals surface area contributed by atoms with Crippen LogP contribution in [0.15, 0.2) is 42.5 Å². The summed E-state index contributed by atoms with van der Waals surface area (Å²) in [6.45, 7) is 8.38. The van der Waals surface area contributed by atoms with Gasteiger partial charge in [0.25, 0.3) is 0 Å². The topological polar surface area (TPSA) is 154 Å². The fourth-order valence-electron chi connectivity index (χ4n) is 6.33. The summed E-state index contributed by atoms with van der Waals surface area (Å²) in [5, 5.41) is 18.9. The SMILES string of the molecule is CCCC(CCC)S(=O)(=O)C[C@H](NC(=O)OC1CCN(C(C)=O)CC1)C(=O)N[C@@H](Cc1cc(F)cc(F)c1)[C@H](O)CNCc1cccc(CC)c1. The molecule has 1 aliphatic rings. The number of amides is 3. The number of benzene rings is 2. The van der Waals surface area contributed by atoms with Crippen molar-refractivity contribution in [2.75, 3.05) is 25.4 Å². The van der Waals surface area contributed by atoms with E-state index in [0.29, 0.717) is 64.2 Å². The zero-order valence-corrected chi connectivity index (χ0v) is 30.9. The van der Waals surface area contributed by atoms with Gasteiger partial charge >= 0.3 is 6.09 Å². The minimum atomic E-state index is -3.91. The standard InChI is InChI=1S/C37H54F2N4O7S/c1-5-9-32(10-6-2)51(48,49)24-34(42-37(47)50-31-13-15-43(16-14-31)25(4)44)36(46)41-33(20-28-18-29(38)21-30(39)19-28)35(45)23-40-22-27-12-8-11-26(7-3)17-27/h8,11-12,17-19,21,31-35,40,45H,5-7,9-10,13-16,20,22-24H2,1-4H3,(H,41,46)(H,42,47)/t33-,34-,35+/m0/s1. The van der Waals surface area contributed by atoms with Gasteiger partial charge in [0.2, 0.25) is 11.8 Å². The maximum atomic E-state index is 14.2. The second-order valence-electron chi connectivity index (χ2n) is 13.3. The number of hydrogen-bond donors (Lipinski definition) is 4. The smallest absolute Gasteiger partial charge is 0.408 e. The highest BCUT2D eigenvalue weighted by molar-refractivity contribution is 7.92. The van der Waals surface area contributed by atoms with E-state index in [-0.39, 0.29) is 24.4 Å². The number of sulfone groups is 1. The third-order valence-corrected chi connectivity index (χ3v) is 11.4. The van der Waals surface area contributed by atoms with Crippen molar-refractivity contribution >= 4 is 27.7 Å². The van der Waals surface area contributed by atoms with Crippen LogP contribution in [-0.4, -0.2) is 91.3 Å². The molecule has 0 unspecified atom stereocenters. The molecule has 0 saturated carbocycles.